The zero-order chi connectivity index (χ0) is 14.5. The highest BCUT2D eigenvalue weighted by atomic mass is 15.5. The molecule has 2 aromatic heterocycles. The number of tetrazole rings is 1. The van der Waals surface area contributed by atoms with Crippen LogP contribution in [0.5, 0.6) is 0 Å². The number of nitrogens with zero attached hydrogens (tertiary/aromatic N) is 4. The van der Waals surface area contributed by atoms with Crippen LogP contribution in [0.3, 0.4) is 0 Å². The molecule has 21 heavy (non-hydrogen) atoms. The zero-order valence-electron chi connectivity index (χ0n) is 11.8. The van der Waals surface area contributed by atoms with Gasteiger partial charge in [0.2, 0.25) is 0 Å². The molecule has 0 aliphatic rings. The second-order valence-corrected chi connectivity index (χ2v) is 5.02. The number of hydrogen-bond donors (Lipinski definition) is 1. The summed E-state index contributed by atoms with van der Waals surface area (Å²) in [5, 5.41) is 14.0. The van der Waals surface area contributed by atoms with Crippen LogP contribution in [0, 0.1) is 13.3 Å². The first-order valence-electron chi connectivity index (χ1n) is 6.86. The van der Waals surface area contributed by atoms with Gasteiger partial charge in [0.1, 0.15) is 0 Å². The first kappa shape index (κ1) is 13.4. The van der Waals surface area contributed by atoms with E-state index in [-0.39, 0.29) is 0 Å². The normalized spacial score (nSPS) is 10.7. The maximum atomic E-state index is 4.13. The summed E-state index contributed by atoms with van der Waals surface area (Å²) in [5.41, 5.74) is 4.70. The average molecular weight is 278 g/mol. The van der Waals surface area contributed by atoms with Gasteiger partial charge in [-0.1, -0.05) is 17.7 Å². The van der Waals surface area contributed by atoms with Crippen molar-refractivity contribution in [3.63, 3.8) is 0 Å². The minimum absolute atomic E-state index is 0.701. The monoisotopic (exact) mass is 278 g/mol. The first-order chi connectivity index (χ1) is 10.3. The van der Waals surface area contributed by atoms with Crippen LogP contribution in [0.1, 0.15) is 16.7 Å². The molecule has 5 heteroatoms. The van der Waals surface area contributed by atoms with Crippen LogP contribution in [-0.2, 0) is 12.8 Å². The fourth-order valence-corrected chi connectivity index (χ4v) is 2.32. The highest BCUT2D eigenvalue weighted by Gasteiger charge is 2.05. The molecule has 0 aliphatic carbocycles. The lowest BCUT2D eigenvalue weighted by molar-refractivity contribution is 0.881. The quantitative estimate of drug-likeness (QED) is 0.779. The van der Waals surface area contributed by atoms with Crippen molar-refractivity contribution in [1.82, 2.24) is 25.6 Å². The molecule has 1 aromatic carbocycles. The van der Waals surface area contributed by atoms with Crippen LogP contribution < -0.4 is 0 Å². The van der Waals surface area contributed by atoms with Crippen molar-refractivity contribution in [3.8, 4) is 11.4 Å². The number of hydrogen-bond acceptors (Lipinski definition) is 4. The van der Waals surface area contributed by atoms with Crippen LogP contribution in [0.4, 0.5) is 0 Å². The van der Waals surface area contributed by atoms with Gasteiger partial charge in [0.05, 0.1) is 0 Å². The highest BCUT2D eigenvalue weighted by molar-refractivity contribution is 5.56. The molecular weight excluding hydrogens is 262 g/mol. The van der Waals surface area contributed by atoms with E-state index in [1.807, 2.05) is 12.3 Å². The van der Waals surface area contributed by atoms with E-state index in [2.05, 4.69) is 63.2 Å². The first-order valence-corrected chi connectivity index (χ1v) is 6.86. The molecule has 3 aromatic rings. The van der Waals surface area contributed by atoms with Crippen LogP contribution in [-0.4, -0.2) is 25.6 Å². The third-order valence-corrected chi connectivity index (χ3v) is 3.24. The number of aromatic nitrogens is 5. The Morgan fingerprint density at radius 3 is 2.81 bits per heavy atom. The minimum atomic E-state index is 0.701. The molecule has 0 fully saturated rings. The second-order valence-electron chi connectivity index (χ2n) is 5.02. The molecule has 1 radical (unpaired) electrons. The Bertz CT molecular complexity index is 692. The Kier molecular flexibility index (Phi) is 4.00. The van der Waals surface area contributed by atoms with E-state index >= 15 is 0 Å². The van der Waals surface area contributed by atoms with E-state index in [1.165, 1.54) is 16.7 Å². The molecule has 5 nitrogen and oxygen atoms in total. The van der Waals surface area contributed by atoms with Gasteiger partial charge in [-0.2, -0.15) is 0 Å². The molecule has 0 saturated carbocycles. The SMILES string of the molecule is Cc1cc(C[CH]Cc2cccnc2)cc(-c2nnn[nH]2)c1. The Hall–Kier alpha value is -2.56. The second kappa shape index (κ2) is 6.26. The van der Waals surface area contributed by atoms with Gasteiger partial charge in [-0.15, -0.1) is 5.10 Å². The molecule has 105 valence electrons. The number of H-pyrrole nitrogens is 1. The number of benzene rings is 1. The van der Waals surface area contributed by atoms with Gasteiger partial charge in [0.15, 0.2) is 5.82 Å². The molecule has 3 rings (SSSR count). The third-order valence-electron chi connectivity index (χ3n) is 3.24. The number of nitrogens with one attached hydrogen (secondary N) is 1. The molecule has 0 aliphatic heterocycles. The number of pyridine rings is 1. The fourth-order valence-electron chi connectivity index (χ4n) is 2.32. The van der Waals surface area contributed by atoms with E-state index in [4.69, 9.17) is 0 Å². The highest BCUT2D eigenvalue weighted by Crippen LogP contribution is 2.19. The fraction of sp³-hybridized carbons (Fsp3) is 0.188. The summed E-state index contributed by atoms with van der Waals surface area (Å²) in [6, 6.07) is 10.4. The summed E-state index contributed by atoms with van der Waals surface area (Å²) in [6.07, 6.45) is 7.78. The Balaban J connectivity index is 1.68. The maximum Gasteiger partial charge on any atom is 0.179 e. The smallest absolute Gasteiger partial charge is 0.179 e. The summed E-state index contributed by atoms with van der Waals surface area (Å²) in [7, 11) is 0. The van der Waals surface area contributed by atoms with E-state index in [0.717, 1.165) is 18.4 Å². The van der Waals surface area contributed by atoms with Crippen molar-refractivity contribution in [2.45, 2.75) is 19.8 Å². The van der Waals surface area contributed by atoms with Crippen LogP contribution in [0.2, 0.25) is 0 Å². The molecule has 0 unspecified atom stereocenters. The molecular formula is C16H16N5. The topological polar surface area (TPSA) is 67.3 Å². The number of aryl methyl sites for hydroxylation is 1. The molecule has 0 atom stereocenters. The van der Waals surface area contributed by atoms with Crippen molar-refractivity contribution in [1.29, 1.82) is 0 Å². The van der Waals surface area contributed by atoms with Crippen molar-refractivity contribution < 1.29 is 0 Å². The van der Waals surface area contributed by atoms with Crippen molar-refractivity contribution in [2.75, 3.05) is 0 Å². The van der Waals surface area contributed by atoms with Gasteiger partial charge in [-0.3, -0.25) is 4.98 Å². The predicted octanol–water partition coefficient (Wildman–Crippen LogP) is 2.56. The van der Waals surface area contributed by atoms with E-state index < -0.39 is 0 Å². The summed E-state index contributed by atoms with van der Waals surface area (Å²) in [6.45, 7) is 2.08. The lowest BCUT2D eigenvalue weighted by Crippen LogP contribution is -1.94. The Morgan fingerprint density at radius 2 is 2.05 bits per heavy atom. The maximum absolute atomic E-state index is 4.13. The Morgan fingerprint density at radius 1 is 1.14 bits per heavy atom. The van der Waals surface area contributed by atoms with Crippen LogP contribution in [0.25, 0.3) is 11.4 Å². The number of rotatable bonds is 5. The number of aromatic amines is 1. The van der Waals surface area contributed by atoms with Gasteiger partial charge in [0, 0.05) is 18.0 Å². The van der Waals surface area contributed by atoms with Gasteiger partial charge in [-0.25, -0.2) is 5.10 Å². The van der Waals surface area contributed by atoms with E-state index in [9.17, 15) is 0 Å². The molecule has 2 heterocycles. The van der Waals surface area contributed by atoms with Crippen molar-refractivity contribution in [3.05, 3.63) is 65.8 Å². The third kappa shape index (κ3) is 3.51. The van der Waals surface area contributed by atoms with E-state index in [1.54, 1.807) is 6.20 Å². The summed E-state index contributed by atoms with van der Waals surface area (Å²) >= 11 is 0. The summed E-state index contributed by atoms with van der Waals surface area (Å²) < 4.78 is 0. The van der Waals surface area contributed by atoms with Crippen LogP contribution in [0.15, 0.2) is 42.7 Å². The predicted molar refractivity (Wildman–Crippen MR) is 80.3 cm³/mol. The standard InChI is InChI=1S/C16H16N5/c1-12-8-14(5-2-4-13-6-3-7-17-11-13)10-15(9-12)16-18-20-21-19-16/h2-3,6-11H,4-5H2,1H3,(H,18,19,20,21). The Labute approximate surface area is 123 Å². The minimum Gasteiger partial charge on any atom is -0.264 e. The lowest BCUT2D eigenvalue weighted by Gasteiger charge is -2.06. The van der Waals surface area contributed by atoms with Crippen molar-refractivity contribution >= 4 is 0 Å². The van der Waals surface area contributed by atoms with Gasteiger partial charge in [-0.05, 0) is 65.9 Å². The molecule has 0 saturated heterocycles. The van der Waals surface area contributed by atoms with Gasteiger partial charge in [0.25, 0.3) is 0 Å². The van der Waals surface area contributed by atoms with Crippen molar-refractivity contribution in [2.24, 2.45) is 0 Å². The molecule has 0 spiro atoms. The molecule has 1 N–H and O–H groups in total. The van der Waals surface area contributed by atoms with E-state index in [0.29, 0.717) is 5.82 Å². The zero-order valence-corrected chi connectivity index (χ0v) is 11.8. The summed E-state index contributed by atoms with van der Waals surface area (Å²) in [5.74, 6) is 0.701. The van der Waals surface area contributed by atoms with Gasteiger partial charge < -0.3 is 0 Å². The molecule has 0 amide bonds. The van der Waals surface area contributed by atoms with Gasteiger partial charge >= 0.3 is 0 Å². The molecule has 0 bridgehead atoms. The summed E-state index contributed by atoms with van der Waals surface area (Å²) in [4.78, 5) is 4.13. The largest absolute Gasteiger partial charge is 0.264 e. The lowest BCUT2D eigenvalue weighted by atomic mass is 10.0. The van der Waals surface area contributed by atoms with Crippen LogP contribution >= 0.6 is 0 Å². The average Bonchev–Trinajstić information content (AvgIpc) is 3.02.